The lowest BCUT2D eigenvalue weighted by atomic mass is 9.95. The maximum absolute atomic E-state index is 12.5. The van der Waals surface area contributed by atoms with E-state index in [0.717, 1.165) is 17.4 Å². The molecule has 2 aliphatic heterocycles. The average molecular weight is 280 g/mol. The van der Waals surface area contributed by atoms with Crippen LogP contribution in [0.1, 0.15) is 35.2 Å². The van der Waals surface area contributed by atoms with Crippen LogP contribution in [0.4, 0.5) is 0 Å². The first-order chi connectivity index (χ1) is 10.2. The largest absolute Gasteiger partial charge is 0.348 e. The Kier molecular flexibility index (Phi) is 2.96. The van der Waals surface area contributed by atoms with Gasteiger partial charge in [0.1, 0.15) is 0 Å². The van der Waals surface area contributed by atoms with Gasteiger partial charge in [0.05, 0.1) is 0 Å². The molecule has 2 aliphatic rings. The van der Waals surface area contributed by atoms with Crippen LogP contribution >= 0.6 is 0 Å². The number of aryl methyl sites for hydroxylation is 1. The molecule has 2 fully saturated rings. The molecule has 2 N–H and O–H groups in total. The zero-order chi connectivity index (χ0) is 14.4. The van der Waals surface area contributed by atoms with Crippen molar-refractivity contribution in [3.05, 3.63) is 47.5 Å². The Morgan fingerprint density at radius 1 is 1.14 bits per heavy atom. The number of nitrogens with one attached hydrogen (secondary N) is 2. The SMILES string of the molecule is Cc1ccc2ccc(C(=O)N[C@@H]3C[C@H]4CC[C@@H]3N4)cc2c1. The summed E-state index contributed by atoms with van der Waals surface area (Å²) in [5, 5.41) is 9.07. The van der Waals surface area contributed by atoms with Gasteiger partial charge in [0.2, 0.25) is 0 Å². The maximum atomic E-state index is 12.5. The van der Waals surface area contributed by atoms with E-state index in [1.54, 1.807) is 0 Å². The third-order valence-electron chi connectivity index (χ3n) is 4.87. The van der Waals surface area contributed by atoms with E-state index >= 15 is 0 Å². The average Bonchev–Trinajstić information content (AvgIpc) is 3.09. The highest BCUT2D eigenvalue weighted by atomic mass is 16.1. The lowest BCUT2D eigenvalue weighted by Gasteiger charge is -2.21. The second-order valence-electron chi connectivity index (χ2n) is 6.43. The number of benzene rings is 2. The molecule has 2 aromatic carbocycles. The highest BCUT2D eigenvalue weighted by Gasteiger charge is 2.39. The molecule has 21 heavy (non-hydrogen) atoms. The van der Waals surface area contributed by atoms with E-state index in [4.69, 9.17) is 0 Å². The first-order valence-electron chi connectivity index (χ1n) is 7.76. The van der Waals surface area contributed by atoms with E-state index in [0.29, 0.717) is 18.1 Å². The minimum absolute atomic E-state index is 0.0535. The third kappa shape index (κ3) is 2.32. The fourth-order valence-electron chi connectivity index (χ4n) is 3.74. The Hall–Kier alpha value is -1.87. The van der Waals surface area contributed by atoms with Gasteiger partial charge in [-0.25, -0.2) is 0 Å². The molecule has 3 nitrogen and oxygen atoms in total. The van der Waals surface area contributed by atoms with Crippen molar-refractivity contribution in [3.8, 4) is 0 Å². The molecule has 0 radical (unpaired) electrons. The molecule has 0 aliphatic carbocycles. The van der Waals surface area contributed by atoms with Crippen LogP contribution in [0.5, 0.6) is 0 Å². The van der Waals surface area contributed by atoms with E-state index in [9.17, 15) is 4.79 Å². The third-order valence-corrected chi connectivity index (χ3v) is 4.87. The van der Waals surface area contributed by atoms with Crippen molar-refractivity contribution in [1.29, 1.82) is 0 Å². The highest BCUT2D eigenvalue weighted by Crippen LogP contribution is 2.28. The molecule has 108 valence electrons. The number of hydrogen-bond acceptors (Lipinski definition) is 2. The van der Waals surface area contributed by atoms with Gasteiger partial charge >= 0.3 is 0 Å². The van der Waals surface area contributed by atoms with Crippen molar-refractivity contribution >= 4 is 16.7 Å². The Morgan fingerprint density at radius 3 is 2.76 bits per heavy atom. The minimum Gasteiger partial charge on any atom is -0.348 e. The zero-order valence-corrected chi connectivity index (χ0v) is 12.2. The van der Waals surface area contributed by atoms with Crippen LogP contribution in [0.2, 0.25) is 0 Å². The Balaban J connectivity index is 1.56. The first-order valence-corrected chi connectivity index (χ1v) is 7.76. The molecule has 3 atom stereocenters. The van der Waals surface area contributed by atoms with E-state index < -0.39 is 0 Å². The molecule has 0 aromatic heterocycles. The van der Waals surface area contributed by atoms with Gasteiger partial charge in [-0.15, -0.1) is 0 Å². The molecule has 0 saturated carbocycles. The molecule has 2 heterocycles. The lowest BCUT2D eigenvalue weighted by molar-refractivity contribution is 0.0931. The second-order valence-corrected chi connectivity index (χ2v) is 6.43. The number of carbonyl (C=O) groups excluding carboxylic acids is 1. The number of hydrogen-bond donors (Lipinski definition) is 2. The van der Waals surface area contributed by atoms with Gasteiger partial charge in [-0.1, -0.05) is 29.8 Å². The first kappa shape index (κ1) is 12.8. The maximum Gasteiger partial charge on any atom is 0.251 e. The van der Waals surface area contributed by atoms with Crippen LogP contribution in [0, 0.1) is 6.92 Å². The van der Waals surface area contributed by atoms with Crippen molar-refractivity contribution in [1.82, 2.24) is 10.6 Å². The number of rotatable bonds is 2. The van der Waals surface area contributed by atoms with Crippen molar-refractivity contribution in [3.63, 3.8) is 0 Å². The van der Waals surface area contributed by atoms with Crippen molar-refractivity contribution < 1.29 is 4.79 Å². The van der Waals surface area contributed by atoms with Crippen LogP contribution in [0.25, 0.3) is 10.8 Å². The van der Waals surface area contributed by atoms with Crippen molar-refractivity contribution in [2.45, 2.75) is 44.3 Å². The van der Waals surface area contributed by atoms with E-state index in [-0.39, 0.29) is 5.91 Å². The summed E-state index contributed by atoms with van der Waals surface area (Å²) in [7, 11) is 0. The summed E-state index contributed by atoms with van der Waals surface area (Å²) in [6, 6.07) is 13.7. The number of fused-ring (bicyclic) bond motifs is 3. The van der Waals surface area contributed by atoms with Gasteiger partial charge in [0.15, 0.2) is 0 Å². The summed E-state index contributed by atoms with van der Waals surface area (Å²) >= 11 is 0. The molecule has 2 saturated heterocycles. The van der Waals surface area contributed by atoms with Crippen LogP contribution in [0.15, 0.2) is 36.4 Å². The van der Waals surface area contributed by atoms with Crippen LogP contribution in [-0.2, 0) is 0 Å². The van der Waals surface area contributed by atoms with Gasteiger partial charge < -0.3 is 10.6 Å². The standard InChI is InChI=1S/C18H20N2O/c1-11-2-3-12-4-5-13(9-14(12)8-11)18(21)20-17-10-15-6-7-16(17)19-15/h2-5,8-9,15-17,19H,6-7,10H2,1H3,(H,20,21)/t15-,16+,17-/m1/s1. The second kappa shape index (κ2) is 4.85. The fraction of sp³-hybridized carbons (Fsp3) is 0.389. The van der Waals surface area contributed by atoms with Crippen molar-refractivity contribution in [2.75, 3.05) is 0 Å². The summed E-state index contributed by atoms with van der Waals surface area (Å²) in [6.45, 7) is 2.08. The Bertz CT molecular complexity index is 709. The molecule has 2 bridgehead atoms. The molecular formula is C18H20N2O. The normalized spacial score (nSPS) is 27.2. The molecule has 3 heteroatoms. The van der Waals surface area contributed by atoms with E-state index in [1.165, 1.54) is 23.8 Å². The molecule has 0 spiro atoms. The Labute approximate surface area is 124 Å². The summed E-state index contributed by atoms with van der Waals surface area (Å²) < 4.78 is 0. The molecule has 0 unspecified atom stereocenters. The van der Waals surface area contributed by atoms with Crippen molar-refractivity contribution in [2.24, 2.45) is 0 Å². The predicted octanol–water partition coefficient (Wildman–Crippen LogP) is 2.77. The molecular weight excluding hydrogens is 260 g/mol. The van der Waals surface area contributed by atoms with E-state index in [1.807, 2.05) is 18.2 Å². The monoisotopic (exact) mass is 280 g/mol. The van der Waals surface area contributed by atoms with Gasteiger partial charge in [0, 0.05) is 23.7 Å². The van der Waals surface area contributed by atoms with Gasteiger partial charge in [-0.3, -0.25) is 4.79 Å². The molecule has 1 amide bonds. The summed E-state index contributed by atoms with van der Waals surface area (Å²) in [5.74, 6) is 0.0535. The smallest absolute Gasteiger partial charge is 0.251 e. The van der Waals surface area contributed by atoms with Crippen LogP contribution < -0.4 is 10.6 Å². The minimum atomic E-state index is 0.0535. The number of amides is 1. The fourth-order valence-corrected chi connectivity index (χ4v) is 3.74. The van der Waals surface area contributed by atoms with Crippen LogP contribution in [0.3, 0.4) is 0 Å². The van der Waals surface area contributed by atoms with Crippen LogP contribution in [-0.4, -0.2) is 24.0 Å². The zero-order valence-electron chi connectivity index (χ0n) is 12.2. The summed E-state index contributed by atoms with van der Waals surface area (Å²) in [4.78, 5) is 12.5. The van der Waals surface area contributed by atoms with Gasteiger partial charge in [-0.2, -0.15) is 0 Å². The van der Waals surface area contributed by atoms with Gasteiger partial charge in [-0.05, 0) is 49.1 Å². The lowest BCUT2D eigenvalue weighted by Crippen LogP contribution is -2.42. The molecule has 2 aromatic rings. The topological polar surface area (TPSA) is 41.1 Å². The summed E-state index contributed by atoms with van der Waals surface area (Å²) in [6.07, 6.45) is 3.52. The Morgan fingerprint density at radius 2 is 2.00 bits per heavy atom. The van der Waals surface area contributed by atoms with E-state index in [2.05, 4.69) is 35.8 Å². The summed E-state index contributed by atoms with van der Waals surface area (Å²) in [5.41, 5.74) is 1.98. The predicted molar refractivity (Wildman–Crippen MR) is 84.5 cm³/mol. The molecule has 4 rings (SSSR count). The highest BCUT2D eigenvalue weighted by molar-refractivity contribution is 5.98. The quantitative estimate of drug-likeness (QED) is 0.888. The van der Waals surface area contributed by atoms with Gasteiger partial charge in [0.25, 0.3) is 5.91 Å². The number of carbonyl (C=O) groups is 1.